The fourth-order valence-corrected chi connectivity index (χ4v) is 3.38. The van der Waals surface area contributed by atoms with E-state index in [0.29, 0.717) is 5.88 Å². The summed E-state index contributed by atoms with van der Waals surface area (Å²) in [5, 5.41) is 2.21. The third-order valence-corrected chi connectivity index (χ3v) is 5.19. The number of pyridine rings is 1. The number of methoxy groups -OCH3 is 1. The number of primary amides is 1. The van der Waals surface area contributed by atoms with Gasteiger partial charge in [-0.25, -0.2) is 4.98 Å². The Balaban J connectivity index is 1.73. The Morgan fingerprint density at radius 3 is 2.44 bits per heavy atom. The summed E-state index contributed by atoms with van der Waals surface area (Å²) in [5.41, 5.74) is 6.13. The highest BCUT2D eigenvalue weighted by atomic mass is 16.5. The van der Waals surface area contributed by atoms with Gasteiger partial charge in [0.05, 0.1) is 12.6 Å². The van der Waals surface area contributed by atoms with Crippen LogP contribution < -0.4 is 10.5 Å². The molecule has 25 heavy (non-hydrogen) atoms. The van der Waals surface area contributed by atoms with Crippen molar-refractivity contribution in [3.63, 3.8) is 0 Å². The number of hydrogen-bond acceptors (Lipinski definition) is 5. The van der Waals surface area contributed by atoms with Crippen molar-refractivity contribution in [2.75, 3.05) is 33.3 Å². The number of amides is 1. The normalized spacial score (nSPS) is 16.9. The second-order valence-electron chi connectivity index (χ2n) is 7.02. The van der Waals surface area contributed by atoms with Crippen LogP contribution in [0.4, 0.5) is 0 Å². The van der Waals surface area contributed by atoms with Crippen LogP contribution in [0.2, 0.25) is 0 Å². The average Bonchev–Trinajstić information content (AvgIpc) is 2.62. The van der Waals surface area contributed by atoms with Crippen molar-refractivity contribution in [2.45, 2.75) is 25.9 Å². The maximum atomic E-state index is 11.6. The molecule has 134 valence electrons. The minimum Gasteiger partial charge on any atom is -0.481 e. The second-order valence-corrected chi connectivity index (χ2v) is 7.02. The first kappa shape index (κ1) is 17.6. The van der Waals surface area contributed by atoms with E-state index in [1.54, 1.807) is 7.11 Å². The van der Waals surface area contributed by atoms with Gasteiger partial charge in [-0.3, -0.25) is 14.6 Å². The van der Waals surface area contributed by atoms with Crippen molar-refractivity contribution in [3.05, 3.63) is 36.0 Å². The number of carbonyl (C=O) groups excluding carboxylic acids is 1. The summed E-state index contributed by atoms with van der Waals surface area (Å²) in [7, 11) is 1.65. The Hall–Kier alpha value is -2.18. The van der Waals surface area contributed by atoms with E-state index in [2.05, 4.69) is 20.9 Å². The van der Waals surface area contributed by atoms with Gasteiger partial charge < -0.3 is 10.5 Å². The molecule has 1 amide bonds. The molecule has 0 unspecified atom stereocenters. The third-order valence-electron chi connectivity index (χ3n) is 5.19. The lowest BCUT2D eigenvalue weighted by atomic mass is 10.0. The number of ether oxygens (including phenoxy) is 1. The van der Waals surface area contributed by atoms with Gasteiger partial charge in [0.25, 0.3) is 0 Å². The largest absolute Gasteiger partial charge is 0.481 e. The Morgan fingerprint density at radius 2 is 1.84 bits per heavy atom. The van der Waals surface area contributed by atoms with Crippen LogP contribution in [0.25, 0.3) is 10.8 Å². The summed E-state index contributed by atoms with van der Waals surface area (Å²) < 4.78 is 5.37. The summed E-state index contributed by atoms with van der Waals surface area (Å²) in [6, 6.07) is 8.19. The number of carbonyl (C=O) groups is 1. The van der Waals surface area contributed by atoms with Gasteiger partial charge in [-0.1, -0.05) is 18.2 Å². The molecule has 0 bridgehead atoms. The van der Waals surface area contributed by atoms with E-state index in [9.17, 15) is 4.79 Å². The van der Waals surface area contributed by atoms with E-state index in [4.69, 9.17) is 10.5 Å². The topological polar surface area (TPSA) is 71.7 Å². The van der Waals surface area contributed by atoms with Crippen molar-refractivity contribution in [1.82, 2.24) is 14.8 Å². The third kappa shape index (κ3) is 3.45. The quantitative estimate of drug-likeness (QED) is 0.894. The first-order valence-electron chi connectivity index (χ1n) is 8.61. The Morgan fingerprint density at radius 1 is 1.20 bits per heavy atom. The van der Waals surface area contributed by atoms with Crippen molar-refractivity contribution in [3.8, 4) is 5.88 Å². The highest BCUT2D eigenvalue weighted by molar-refractivity contribution is 5.89. The number of fused-ring (bicyclic) bond motifs is 1. The van der Waals surface area contributed by atoms with Crippen LogP contribution in [0, 0.1) is 0 Å². The molecule has 3 rings (SSSR count). The van der Waals surface area contributed by atoms with Crippen molar-refractivity contribution < 1.29 is 9.53 Å². The Bertz CT molecular complexity index is 767. The Labute approximate surface area is 148 Å². The average molecular weight is 342 g/mol. The first-order valence-corrected chi connectivity index (χ1v) is 8.61. The van der Waals surface area contributed by atoms with Crippen molar-refractivity contribution >= 4 is 16.7 Å². The molecule has 6 nitrogen and oxygen atoms in total. The van der Waals surface area contributed by atoms with Gasteiger partial charge >= 0.3 is 0 Å². The molecule has 0 atom stereocenters. The molecule has 0 aliphatic carbocycles. The van der Waals surface area contributed by atoms with Crippen LogP contribution in [0.15, 0.2) is 30.5 Å². The molecule has 0 saturated carbocycles. The number of hydrogen-bond donors (Lipinski definition) is 1. The molecule has 1 aliphatic rings. The summed E-state index contributed by atoms with van der Waals surface area (Å²) in [6.07, 6.45) is 1.90. The van der Waals surface area contributed by atoms with Crippen LogP contribution in [0.1, 0.15) is 19.4 Å². The molecule has 2 heterocycles. The van der Waals surface area contributed by atoms with Crippen molar-refractivity contribution in [1.29, 1.82) is 0 Å². The zero-order chi connectivity index (χ0) is 18.0. The van der Waals surface area contributed by atoms with Crippen LogP contribution in [0.5, 0.6) is 5.88 Å². The van der Waals surface area contributed by atoms with E-state index in [1.165, 1.54) is 10.9 Å². The molecule has 0 spiro atoms. The van der Waals surface area contributed by atoms with Gasteiger partial charge in [0, 0.05) is 44.3 Å². The molecular formula is C19H26N4O2. The zero-order valence-corrected chi connectivity index (χ0v) is 15.2. The molecule has 0 radical (unpaired) electrons. The molecule has 1 aromatic carbocycles. The highest BCUT2D eigenvalue weighted by Crippen LogP contribution is 2.27. The van der Waals surface area contributed by atoms with E-state index >= 15 is 0 Å². The molecule has 2 N–H and O–H groups in total. The van der Waals surface area contributed by atoms with E-state index in [1.807, 2.05) is 38.2 Å². The smallest absolute Gasteiger partial charge is 0.237 e. The maximum Gasteiger partial charge on any atom is 0.237 e. The molecule has 2 aromatic rings. The summed E-state index contributed by atoms with van der Waals surface area (Å²) in [5.74, 6) is 0.388. The first-order chi connectivity index (χ1) is 11.9. The van der Waals surface area contributed by atoms with Gasteiger partial charge in [0.15, 0.2) is 0 Å². The zero-order valence-electron chi connectivity index (χ0n) is 15.2. The fourth-order valence-electron chi connectivity index (χ4n) is 3.38. The minimum absolute atomic E-state index is 0.272. The van der Waals surface area contributed by atoms with E-state index in [-0.39, 0.29) is 5.91 Å². The summed E-state index contributed by atoms with van der Waals surface area (Å²) in [6.45, 7) is 8.09. The number of nitrogens with zero attached hydrogens (tertiary/aromatic N) is 3. The SMILES string of the molecule is COc1ncc(CN2CCN(C(C)(C)C(N)=O)CC2)c2ccccc12. The van der Waals surface area contributed by atoms with Crippen molar-refractivity contribution in [2.24, 2.45) is 5.73 Å². The second kappa shape index (κ2) is 6.98. The predicted octanol–water partition coefficient (Wildman–Crippen LogP) is 1.62. The summed E-state index contributed by atoms with van der Waals surface area (Å²) in [4.78, 5) is 20.6. The van der Waals surface area contributed by atoms with Gasteiger partial charge in [-0.15, -0.1) is 0 Å². The molecule has 1 aliphatic heterocycles. The standard InChI is InChI=1S/C19H26N4O2/c1-19(2,18(20)24)23-10-8-22(9-11-23)13-14-12-21-17(25-3)16-7-5-4-6-15(14)16/h4-7,12H,8-11,13H2,1-3H3,(H2,20,24). The summed E-state index contributed by atoms with van der Waals surface area (Å²) >= 11 is 0. The predicted molar refractivity (Wildman–Crippen MR) is 98.4 cm³/mol. The lowest BCUT2D eigenvalue weighted by Gasteiger charge is -2.42. The molecule has 6 heteroatoms. The van der Waals surface area contributed by atoms with Crippen LogP contribution in [0.3, 0.4) is 0 Å². The molecular weight excluding hydrogens is 316 g/mol. The number of aromatic nitrogens is 1. The van der Waals surface area contributed by atoms with Gasteiger partial charge in [0.1, 0.15) is 0 Å². The molecule has 1 saturated heterocycles. The number of benzene rings is 1. The van der Waals surface area contributed by atoms with Gasteiger partial charge in [-0.2, -0.15) is 0 Å². The lowest BCUT2D eigenvalue weighted by Crippen LogP contribution is -2.59. The Kier molecular flexibility index (Phi) is 4.92. The molecule has 1 fully saturated rings. The lowest BCUT2D eigenvalue weighted by molar-refractivity contribution is -0.129. The monoisotopic (exact) mass is 342 g/mol. The van der Waals surface area contributed by atoms with E-state index < -0.39 is 5.54 Å². The fraction of sp³-hybridized carbons (Fsp3) is 0.474. The highest BCUT2D eigenvalue weighted by Gasteiger charge is 2.34. The minimum atomic E-state index is -0.597. The number of nitrogens with two attached hydrogens (primary N) is 1. The molecule has 1 aromatic heterocycles. The number of piperazine rings is 1. The van der Waals surface area contributed by atoms with E-state index in [0.717, 1.165) is 38.1 Å². The number of rotatable bonds is 5. The van der Waals surface area contributed by atoms with Gasteiger partial charge in [-0.05, 0) is 30.9 Å². The maximum absolute atomic E-state index is 11.6. The van der Waals surface area contributed by atoms with Crippen LogP contribution in [-0.2, 0) is 11.3 Å². The van der Waals surface area contributed by atoms with Crippen LogP contribution >= 0.6 is 0 Å². The van der Waals surface area contributed by atoms with Gasteiger partial charge in [0.2, 0.25) is 11.8 Å². The van der Waals surface area contributed by atoms with Crippen LogP contribution in [-0.4, -0.2) is 59.5 Å².